The molecular formula is C7H8O2. The van der Waals surface area contributed by atoms with Crippen LogP contribution in [0.1, 0.15) is 13.8 Å². The average molecular weight is 124 g/mol. The van der Waals surface area contributed by atoms with Gasteiger partial charge in [0, 0.05) is 0 Å². The Balaban J connectivity index is 2.95. The first kappa shape index (κ1) is 6.20. The highest BCUT2D eigenvalue weighted by Crippen LogP contribution is 2.15. The second-order valence-corrected chi connectivity index (χ2v) is 2.32. The Morgan fingerprint density at radius 1 is 1.44 bits per heavy atom. The van der Waals surface area contributed by atoms with Crippen molar-refractivity contribution in [1.82, 2.24) is 0 Å². The molecule has 1 unspecified atom stereocenters. The van der Waals surface area contributed by atoms with Gasteiger partial charge >= 0.3 is 0 Å². The third kappa shape index (κ3) is 0.803. The first-order valence-electron chi connectivity index (χ1n) is 2.89. The summed E-state index contributed by atoms with van der Waals surface area (Å²) in [7, 11) is 0. The number of rotatable bonds is 0. The first-order chi connectivity index (χ1) is 4.13. The van der Waals surface area contributed by atoms with E-state index in [0.29, 0.717) is 5.57 Å². The van der Waals surface area contributed by atoms with Crippen LogP contribution in [0.25, 0.3) is 0 Å². The summed E-state index contributed by atoms with van der Waals surface area (Å²) in [5, 5.41) is 0. The highest BCUT2D eigenvalue weighted by atomic mass is 16.2. The van der Waals surface area contributed by atoms with Gasteiger partial charge in [-0.15, -0.1) is 0 Å². The molecule has 1 atom stereocenters. The van der Waals surface area contributed by atoms with Crippen molar-refractivity contribution >= 4 is 11.6 Å². The smallest absolute Gasteiger partial charge is 0.169 e. The molecule has 1 aliphatic rings. The van der Waals surface area contributed by atoms with Crippen LogP contribution in [-0.4, -0.2) is 11.6 Å². The highest BCUT2D eigenvalue weighted by Gasteiger charge is 2.27. The largest absolute Gasteiger partial charge is 0.294 e. The molecule has 1 aliphatic carbocycles. The SMILES string of the molecule is CC1=CC(=O)C(C)C1=O. The Kier molecular flexibility index (Phi) is 1.24. The zero-order chi connectivity index (χ0) is 7.02. The third-order valence-electron chi connectivity index (χ3n) is 1.57. The van der Waals surface area contributed by atoms with Crippen LogP contribution < -0.4 is 0 Å². The molecule has 0 N–H and O–H groups in total. The van der Waals surface area contributed by atoms with Gasteiger partial charge in [0.25, 0.3) is 0 Å². The second-order valence-electron chi connectivity index (χ2n) is 2.32. The van der Waals surface area contributed by atoms with Crippen molar-refractivity contribution in [3.05, 3.63) is 11.6 Å². The predicted octanol–water partition coefficient (Wildman–Crippen LogP) is 0.721. The molecular weight excluding hydrogens is 116 g/mol. The standard InChI is InChI=1S/C7H8O2/c1-4-3-6(8)5(2)7(4)9/h3,5H,1-2H3. The van der Waals surface area contributed by atoms with Gasteiger partial charge in [-0.25, -0.2) is 0 Å². The van der Waals surface area contributed by atoms with E-state index in [1.807, 2.05) is 0 Å². The zero-order valence-electron chi connectivity index (χ0n) is 5.47. The molecule has 0 spiro atoms. The number of allylic oxidation sites excluding steroid dienone is 2. The Bertz CT molecular complexity index is 201. The van der Waals surface area contributed by atoms with Crippen LogP contribution in [0.4, 0.5) is 0 Å². The quantitative estimate of drug-likeness (QED) is 0.446. The Labute approximate surface area is 53.6 Å². The molecule has 0 saturated heterocycles. The van der Waals surface area contributed by atoms with Gasteiger partial charge < -0.3 is 0 Å². The van der Waals surface area contributed by atoms with Crippen molar-refractivity contribution in [2.75, 3.05) is 0 Å². The Morgan fingerprint density at radius 2 is 2.00 bits per heavy atom. The number of hydrogen-bond acceptors (Lipinski definition) is 2. The van der Waals surface area contributed by atoms with Crippen LogP contribution in [0.3, 0.4) is 0 Å². The van der Waals surface area contributed by atoms with Crippen LogP contribution in [0.15, 0.2) is 11.6 Å². The fraction of sp³-hybridized carbons (Fsp3) is 0.429. The van der Waals surface area contributed by atoms with Crippen LogP contribution in [0.5, 0.6) is 0 Å². The van der Waals surface area contributed by atoms with E-state index in [9.17, 15) is 9.59 Å². The fourth-order valence-corrected chi connectivity index (χ4v) is 0.880. The molecule has 0 aromatic carbocycles. The monoisotopic (exact) mass is 124 g/mol. The second kappa shape index (κ2) is 1.79. The number of Topliss-reactive ketones (excluding diaryl/α,β-unsaturated/α-hetero) is 1. The van der Waals surface area contributed by atoms with Crippen LogP contribution >= 0.6 is 0 Å². The number of carbonyl (C=O) groups is 2. The van der Waals surface area contributed by atoms with Crippen molar-refractivity contribution in [3.63, 3.8) is 0 Å². The van der Waals surface area contributed by atoms with E-state index >= 15 is 0 Å². The molecule has 0 aromatic rings. The fourth-order valence-electron chi connectivity index (χ4n) is 0.880. The number of ketones is 2. The number of hydrogen-bond donors (Lipinski definition) is 0. The first-order valence-corrected chi connectivity index (χ1v) is 2.89. The summed E-state index contributed by atoms with van der Waals surface area (Å²) in [6.07, 6.45) is 1.41. The molecule has 9 heavy (non-hydrogen) atoms. The van der Waals surface area contributed by atoms with Gasteiger partial charge in [-0.2, -0.15) is 0 Å². The lowest BCUT2D eigenvalue weighted by molar-refractivity contribution is -0.125. The minimum atomic E-state index is -0.412. The minimum absolute atomic E-state index is 0.0278. The summed E-state index contributed by atoms with van der Waals surface area (Å²) in [6, 6.07) is 0. The lowest BCUT2D eigenvalue weighted by Crippen LogP contribution is -2.11. The van der Waals surface area contributed by atoms with Gasteiger partial charge in [-0.05, 0) is 25.5 Å². The molecule has 48 valence electrons. The maximum absolute atomic E-state index is 10.8. The summed E-state index contributed by atoms with van der Waals surface area (Å²) in [5.41, 5.74) is 0.590. The molecule has 2 nitrogen and oxygen atoms in total. The maximum Gasteiger partial charge on any atom is 0.169 e. The molecule has 0 bridgehead atoms. The molecule has 0 fully saturated rings. The van der Waals surface area contributed by atoms with Gasteiger partial charge in [0.05, 0.1) is 5.92 Å². The van der Waals surface area contributed by atoms with Gasteiger partial charge in [0.2, 0.25) is 0 Å². The minimum Gasteiger partial charge on any atom is -0.294 e. The third-order valence-corrected chi connectivity index (χ3v) is 1.57. The van der Waals surface area contributed by atoms with E-state index in [2.05, 4.69) is 0 Å². The maximum atomic E-state index is 10.8. The average Bonchev–Trinajstić information content (AvgIpc) is 1.98. The molecule has 2 heteroatoms. The zero-order valence-corrected chi connectivity index (χ0v) is 5.47. The van der Waals surface area contributed by atoms with Crippen LogP contribution in [-0.2, 0) is 9.59 Å². The molecule has 0 aliphatic heterocycles. The molecule has 0 amide bonds. The van der Waals surface area contributed by atoms with E-state index in [4.69, 9.17) is 0 Å². The van der Waals surface area contributed by atoms with Crippen molar-refractivity contribution in [2.45, 2.75) is 13.8 Å². The van der Waals surface area contributed by atoms with E-state index in [0.717, 1.165) is 0 Å². The summed E-state index contributed by atoms with van der Waals surface area (Å²) >= 11 is 0. The van der Waals surface area contributed by atoms with E-state index in [1.165, 1.54) is 6.08 Å². The van der Waals surface area contributed by atoms with Crippen molar-refractivity contribution in [1.29, 1.82) is 0 Å². The van der Waals surface area contributed by atoms with E-state index in [-0.39, 0.29) is 11.6 Å². The summed E-state index contributed by atoms with van der Waals surface area (Å²) < 4.78 is 0. The van der Waals surface area contributed by atoms with E-state index in [1.54, 1.807) is 13.8 Å². The number of carbonyl (C=O) groups excluding carboxylic acids is 2. The van der Waals surface area contributed by atoms with Crippen molar-refractivity contribution in [3.8, 4) is 0 Å². The van der Waals surface area contributed by atoms with Gasteiger partial charge in [0.1, 0.15) is 0 Å². The Hall–Kier alpha value is -0.920. The topological polar surface area (TPSA) is 34.1 Å². The van der Waals surface area contributed by atoms with Crippen LogP contribution in [0.2, 0.25) is 0 Å². The van der Waals surface area contributed by atoms with Crippen LogP contribution in [0, 0.1) is 5.92 Å². The van der Waals surface area contributed by atoms with E-state index < -0.39 is 5.92 Å². The molecule has 0 radical (unpaired) electrons. The lowest BCUT2D eigenvalue weighted by Gasteiger charge is -1.93. The summed E-state index contributed by atoms with van der Waals surface area (Å²) in [6.45, 7) is 3.31. The molecule has 0 aromatic heterocycles. The van der Waals surface area contributed by atoms with Crippen molar-refractivity contribution < 1.29 is 9.59 Å². The molecule has 1 rings (SSSR count). The van der Waals surface area contributed by atoms with Gasteiger partial charge in [0.15, 0.2) is 11.6 Å². The van der Waals surface area contributed by atoms with Gasteiger partial charge in [-0.1, -0.05) is 0 Å². The summed E-state index contributed by atoms with van der Waals surface area (Å²) in [5.74, 6) is -0.498. The Morgan fingerprint density at radius 3 is 2.11 bits per heavy atom. The van der Waals surface area contributed by atoms with Crippen molar-refractivity contribution in [2.24, 2.45) is 5.92 Å². The summed E-state index contributed by atoms with van der Waals surface area (Å²) in [4.78, 5) is 21.5. The molecule has 0 heterocycles. The molecule has 0 saturated carbocycles. The lowest BCUT2D eigenvalue weighted by atomic mass is 10.1. The van der Waals surface area contributed by atoms with Gasteiger partial charge in [-0.3, -0.25) is 9.59 Å². The highest BCUT2D eigenvalue weighted by molar-refractivity contribution is 6.21. The predicted molar refractivity (Wildman–Crippen MR) is 32.9 cm³/mol. The normalized spacial score (nSPS) is 26.9.